The van der Waals surface area contributed by atoms with Gasteiger partial charge in [-0.25, -0.2) is 9.80 Å². The minimum Gasteiger partial charge on any atom is -0.461 e. The van der Waals surface area contributed by atoms with Crippen LogP contribution in [-0.2, 0) is 21.3 Å². The molecule has 7 heteroatoms. The van der Waals surface area contributed by atoms with E-state index in [9.17, 15) is 4.79 Å². The summed E-state index contributed by atoms with van der Waals surface area (Å²) in [6.07, 6.45) is 0. The first kappa shape index (κ1) is 21.7. The molecular formula is C24H20BrN2O2PS. The molecule has 0 N–H and O–H groups in total. The minimum absolute atomic E-state index is 0.259. The van der Waals surface area contributed by atoms with Crippen LogP contribution in [0, 0.1) is 0 Å². The zero-order valence-electron chi connectivity index (χ0n) is 16.8. The molecule has 3 aromatic carbocycles. The van der Waals surface area contributed by atoms with Gasteiger partial charge in [0, 0.05) is 10.0 Å². The van der Waals surface area contributed by atoms with E-state index in [1.54, 1.807) is 11.9 Å². The van der Waals surface area contributed by atoms with Gasteiger partial charge in [0.1, 0.15) is 0 Å². The summed E-state index contributed by atoms with van der Waals surface area (Å²) in [6, 6.07) is 24.8. The molecule has 0 fully saturated rings. The highest BCUT2D eigenvalue weighted by molar-refractivity contribution is 9.10. The van der Waals surface area contributed by atoms with E-state index in [2.05, 4.69) is 15.9 Å². The van der Waals surface area contributed by atoms with Crippen LogP contribution < -0.4 is 10.3 Å². The number of ether oxygens (including phenoxy) is 1. The summed E-state index contributed by atoms with van der Waals surface area (Å²) < 4.78 is 6.33. The number of benzene rings is 3. The molecule has 31 heavy (non-hydrogen) atoms. The van der Waals surface area contributed by atoms with E-state index in [1.807, 2.05) is 90.7 Å². The van der Waals surface area contributed by atoms with Gasteiger partial charge in [0.15, 0.2) is 5.45 Å². The molecule has 0 saturated carbocycles. The monoisotopic (exact) mass is 510 g/mol. The number of hydrazone groups is 1. The Bertz CT molecular complexity index is 1200. The topological polar surface area (TPSA) is 41.9 Å². The largest absolute Gasteiger partial charge is 0.461 e. The highest BCUT2D eigenvalue weighted by atomic mass is 79.9. The SMILES string of the molecule is CCOC(=O)C1=NN(c2ccc(Br)cc2)C(c2ccccc2)=CP1(=S)c1ccccc1. The van der Waals surface area contributed by atoms with E-state index in [4.69, 9.17) is 21.6 Å². The molecule has 0 bridgehead atoms. The molecule has 1 heterocycles. The lowest BCUT2D eigenvalue weighted by molar-refractivity contribution is -0.134. The van der Waals surface area contributed by atoms with Crippen molar-refractivity contribution in [1.82, 2.24) is 0 Å². The van der Waals surface area contributed by atoms with Gasteiger partial charge in [-0.1, -0.05) is 88.4 Å². The Morgan fingerprint density at radius 3 is 2.23 bits per heavy atom. The van der Waals surface area contributed by atoms with Crippen molar-refractivity contribution in [3.05, 3.63) is 101 Å². The molecule has 0 saturated heterocycles. The van der Waals surface area contributed by atoms with Gasteiger partial charge in [-0.3, -0.25) is 0 Å². The number of carbonyl (C=O) groups excluding carboxylic acids is 1. The number of halogens is 1. The van der Waals surface area contributed by atoms with E-state index in [1.165, 1.54) is 0 Å². The van der Waals surface area contributed by atoms with Gasteiger partial charge >= 0.3 is 5.97 Å². The normalized spacial score (nSPS) is 18.2. The van der Waals surface area contributed by atoms with Gasteiger partial charge in [-0.2, -0.15) is 5.10 Å². The molecule has 4 nitrogen and oxygen atoms in total. The Kier molecular flexibility index (Phi) is 6.51. The fourth-order valence-corrected chi connectivity index (χ4v) is 6.86. The van der Waals surface area contributed by atoms with Crippen molar-refractivity contribution < 1.29 is 9.53 Å². The molecular weight excluding hydrogens is 491 g/mol. The number of rotatable bonds is 5. The minimum atomic E-state index is -2.65. The van der Waals surface area contributed by atoms with Crippen LogP contribution in [0.3, 0.4) is 0 Å². The first-order valence-electron chi connectivity index (χ1n) is 9.78. The van der Waals surface area contributed by atoms with Crippen LogP contribution in [0.15, 0.2) is 100 Å². The van der Waals surface area contributed by atoms with Gasteiger partial charge in [0.2, 0.25) is 0 Å². The molecule has 156 valence electrons. The summed E-state index contributed by atoms with van der Waals surface area (Å²) in [7, 11) is 0. The lowest BCUT2D eigenvalue weighted by Gasteiger charge is -2.32. The second-order valence-corrected chi connectivity index (χ2v) is 12.0. The quantitative estimate of drug-likeness (QED) is 0.314. The first-order chi connectivity index (χ1) is 15.0. The van der Waals surface area contributed by atoms with Crippen molar-refractivity contribution in [2.24, 2.45) is 5.10 Å². The molecule has 3 aromatic rings. The number of carbonyl (C=O) groups is 1. The summed E-state index contributed by atoms with van der Waals surface area (Å²) in [6.45, 7) is 2.04. The average Bonchev–Trinajstić information content (AvgIpc) is 2.81. The molecule has 1 aliphatic rings. The summed E-state index contributed by atoms with van der Waals surface area (Å²) in [5.74, 6) is 1.56. The molecule has 1 unspecified atom stereocenters. The number of esters is 1. The molecule has 1 atom stereocenters. The van der Waals surface area contributed by atoms with Crippen molar-refractivity contribution in [3.63, 3.8) is 0 Å². The number of nitrogens with zero attached hydrogens (tertiary/aromatic N) is 2. The maximum atomic E-state index is 13.0. The van der Waals surface area contributed by atoms with E-state index in [-0.39, 0.29) is 12.1 Å². The van der Waals surface area contributed by atoms with Gasteiger partial charge in [-0.15, -0.1) is 0 Å². The van der Waals surface area contributed by atoms with E-state index in [0.29, 0.717) is 0 Å². The molecule has 0 aromatic heterocycles. The third-order valence-corrected chi connectivity index (χ3v) is 9.35. The van der Waals surface area contributed by atoms with Crippen molar-refractivity contribution in [1.29, 1.82) is 0 Å². The maximum absolute atomic E-state index is 13.0. The Morgan fingerprint density at radius 2 is 1.61 bits per heavy atom. The smallest absolute Gasteiger partial charge is 0.360 e. The first-order valence-corrected chi connectivity index (χ1v) is 13.4. The Hall–Kier alpha value is -2.53. The van der Waals surface area contributed by atoms with Crippen molar-refractivity contribution >= 4 is 61.9 Å². The molecule has 0 radical (unpaired) electrons. The molecule has 0 aliphatic carbocycles. The third-order valence-electron chi connectivity index (χ3n) is 4.78. The highest BCUT2D eigenvalue weighted by Gasteiger charge is 2.37. The van der Waals surface area contributed by atoms with E-state index >= 15 is 0 Å². The van der Waals surface area contributed by atoms with Crippen LogP contribution in [0.2, 0.25) is 0 Å². The van der Waals surface area contributed by atoms with E-state index < -0.39 is 12.0 Å². The molecule has 1 aliphatic heterocycles. The van der Waals surface area contributed by atoms with Gasteiger partial charge < -0.3 is 4.74 Å². The predicted octanol–water partition coefficient (Wildman–Crippen LogP) is 5.95. The fraction of sp³-hybridized carbons (Fsp3) is 0.0833. The zero-order valence-corrected chi connectivity index (χ0v) is 20.1. The summed E-state index contributed by atoms with van der Waals surface area (Å²) in [5, 5.41) is 7.51. The number of anilines is 1. The van der Waals surface area contributed by atoms with Crippen LogP contribution >= 0.6 is 22.0 Å². The lowest BCUT2D eigenvalue weighted by atomic mass is 10.1. The molecule has 4 rings (SSSR count). The second kappa shape index (κ2) is 9.31. The summed E-state index contributed by atoms with van der Waals surface area (Å²) in [4.78, 5) is 13.0. The standard InChI is InChI=1S/C24H20BrN2O2PS/c1-2-29-24(28)23-26-27(20-15-13-19(25)14-16-20)22(18-9-5-3-6-10-18)17-30(23,31)21-11-7-4-8-12-21/h3-17H,2H2,1H3. The van der Waals surface area contributed by atoms with Gasteiger partial charge in [-0.05, 0) is 42.3 Å². The fourth-order valence-electron chi connectivity index (χ4n) is 3.31. The second-order valence-electron chi connectivity index (χ2n) is 6.81. The third kappa shape index (κ3) is 4.42. The summed E-state index contributed by atoms with van der Waals surface area (Å²) in [5.41, 5.74) is 2.93. The maximum Gasteiger partial charge on any atom is 0.360 e. The van der Waals surface area contributed by atoms with Crippen molar-refractivity contribution in [3.8, 4) is 0 Å². The lowest BCUT2D eigenvalue weighted by Crippen LogP contribution is -2.30. The van der Waals surface area contributed by atoms with Crippen molar-refractivity contribution in [2.75, 3.05) is 11.6 Å². The van der Waals surface area contributed by atoms with Crippen LogP contribution in [0.4, 0.5) is 5.69 Å². The number of hydrogen-bond donors (Lipinski definition) is 0. The Balaban J connectivity index is 1.96. The highest BCUT2D eigenvalue weighted by Crippen LogP contribution is 2.54. The molecule has 0 amide bonds. The Morgan fingerprint density at radius 1 is 1.00 bits per heavy atom. The number of hydrogen-bond acceptors (Lipinski definition) is 5. The van der Waals surface area contributed by atoms with Crippen LogP contribution in [0.25, 0.3) is 5.70 Å². The average molecular weight is 511 g/mol. The Labute approximate surface area is 195 Å². The van der Waals surface area contributed by atoms with Crippen LogP contribution in [0.1, 0.15) is 12.5 Å². The van der Waals surface area contributed by atoms with E-state index in [0.717, 1.165) is 26.7 Å². The van der Waals surface area contributed by atoms with Gasteiger partial charge in [0.25, 0.3) is 0 Å². The van der Waals surface area contributed by atoms with Crippen LogP contribution in [-0.4, -0.2) is 18.0 Å². The zero-order chi connectivity index (χ0) is 21.8. The van der Waals surface area contributed by atoms with Gasteiger partial charge in [0.05, 0.1) is 24.0 Å². The summed E-state index contributed by atoms with van der Waals surface area (Å²) >= 11 is 9.68. The van der Waals surface area contributed by atoms with Crippen molar-refractivity contribution in [2.45, 2.75) is 6.92 Å². The van der Waals surface area contributed by atoms with Crippen LogP contribution in [0.5, 0.6) is 0 Å². The predicted molar refractivity (Wildman–Crippen MR) is 135 cm³/mol. The molecule has 0 spiro atoms.